The minimum atomic E-state index is 0.649. The molecule has 78 valence electrons. The largest absolute Gasteiger partial charge is 0.349 e. The molecule has 0 saturated heterocycles. The Kier molecular flexibility index (Phi) is 2.62. The molecule has 5 heteroatoms. The lowest BCUT2D eigenvalue weighted by Gasteiger charge is -2.04. The smallest absolute Gasteiger partial charge is 0.223 e. The van der Waals surface area contributed by atoms with Gasteiger partial charge in [-0.05, 0) is 19.1 Å². The Balaban J connectivity index is 2.02. The second kappa shape index (κ2) is 4.08. The fourth-order valence-corrected chi connectivity index (χ4v) is 1.28. The minimum absolute atomic E-state index is 0.649. The first-order chi connectivity index (χ1) is 7.25. The van der Waals surface area contributed by atoms with Crippen LogP contribution in [0.15, 0.2) is 24.5 Å². The van der Waals surface area contributed by atoms with Crippen molar-refractivity contribution in [3.05, 3.63) is 35.9 Å². The lowest BCUT2D eigenvalue weighted by Crippen LogP contribution is -2.07. The van der Waals surface area contributed by atoms with Gasteiger partial charge in [0.15, 0.2) is 0 Å². The molecule has 0 aliphatic rings. The highest BCUT2D eigenvalue weighted by molar-refractivity contribution is 5.25. The molecule has 0 fully saturated rings. The van der Waals surface area contributed by atoms with Crippen molar-refractivity contribution >= 4 is 5.95 Å². The highest BCUT2D eigenvalue weighted by Crippen LogP contribution is 2.02. The van der Waals surface area contributed by atoms with Gasteiger partial charge in [-0.2, -0.15) is 5.10 Å². The Morgan fingerprint density at radius 2 is 2.20 bits per heavy atom. The van der Waals surface area contributed by atoms with E-state index < -0.39 is 0 Å². The van der Waals surface area contributed by atoms with Crippen LogP contribution in [0.5, 0.6) is 0 Å². The van der Waals surface area contributed by atoms with Gasteiger partial charge in [0.1, 0.15) is 0 Å². The van der Waals surface area contributed by atoms with Crippen molar-refractivity contribution in [1.82, 2.24) is 19.7 Å². The van der Waals surface area contributed by atoms with Crippen LogP contribution >= 0.6 is 0 Å². The first-order valence-corrected chi connectivity index (χ1v) is 4.76. The van der Waals surface area contributed by atoms with Crippen LogP contribution in [0, 0.1) is 6.92 Å². The summed E-state index contributed by atoms with van der Waals surface area (Å²) >= 11 is 0. The van der Waals surface area contributed by atoms with E-state index in [0.717, 1.165) is 11.4 Å². The molecule has 0 bridgehead atoms. The molecule has 2 rings (SSSR count). The molecule has 0 spiro atoms. The van der Waals surface area contributed by atoms with Crippen LogP contribution < -0.4 is 5.32 Å². The normalized spacial score (nSPS) is 10.3. The molecule has 15 heavy (non-hydrogen) atoms. The Morgan fingerprint density at radius 1 is 1.33 bits per heavy atom. The van der Waals surface area contributed by atoms with E-state index in [4.69, 9.17) is 0 Å². The summed E-state index contributed by atoms with van der Waals surface area (Å²) in [6.07, 6.45) is 3.52. The molecule has 5 nitrogen and oxygen atoms in total. The van der Waals surface area contributed by atoms with Gasteiger partial charge < -0.3 is 5.32 Å². The molecule has 2 heterocycles. The average Bonchev–Trinajstić information content (AvgIpc) is 2.61. The summed E-state index contributed by atoms with van der Waals surface area (Å²) in [6.45, 7) is 2.62. The van der Waals surface area contributed by atoms with Gasteiger partial charge in [-0.15, -0.1) is 0 Å². The van der Waals surface area contributed by atoms with Crippen LogP contribution in [0.4, 0.5) is 5.95 Å². The predicted molar refractivity (Wildman–Crippen MR) is 57.3 cm³/mol. The summed E-state index contributed by atoms with van der Waals surface area (Å²) in [5.41, 5.74) is 2.05. The summed E-state index contributed by atoms with van der Waals surface area (Å²) in [7, 11) is 1.91. The predicted octanol–water partition coefficient (Wildman–Crippen LogP) is 1.13. The number of nitrogens with one attached hydrogen (secondary N) is 1. The zero-order valence-electron chi connectivity index (χ0n) is 8.81. The van der Waals surface area contributed by atoms with E-state index in [1.807, 2.05) is 30.8 Å². The monoisotopic (exact) mass is 203 g/mol. The van der Waals surface area contributed by atoms with Gasteiger partial charge in [0, 0.05) is 25.1 Å². The number of aromatic nitrogens is 4. The molecular formula is C10H13N5. The molecule has 0 unspecified atom stereocenters. The van der Waals surface area contributed by atoms with Crippen LogP contribution in [0.2, 0.25) is 0 Å². The van der Waals surface area contributed by atoms with Crippen molar-refractivity contribution in [2.45, 2.75) is 13.5 Å². The summed E-state index contributed by atoms with van der Waals surface area (Å²) in [4.78, 5) is 8.37. The number of aryl methyl sites for hydroxylation is 2. The number of anilines is 1. The number of rotatable bonds is 3. The Labute approximate surface area is 88.2 Å². The second-order valence-corrected chi connectivity index (χ2v) is 3.32. The maximum absolute atomic E-state index is 4.25. The molecule has 0 radical (unpaired) electrons. The summed E-state index contributed by atoms with van der Waals surface area (Å²) in [5, 5.41) is 7.23. The lowest BCUT2D eigenvalue weighted by atomic mass is 10.4. The van der Waals surface area contributed by atoms with E-state index in [0.29, 0.717) is 12.5 Å². The summed E-state index contributed by atoms with van der Waals surface area (Å²) in [6, 6.07) is 3.83. The van der Waals surface area contributed by atoms with Crippen LogP contribution in [-0.2, 0) is 13.6 Å². The standard InChI is InChI=1S/C10H13N5/c1-8-3-5-11-10(14-8)12-7-9-4-6-13-15(9)2/h3-6H,7H2,1-2H3,(H,11,12,14). The quantitative estimate of drug-likeness (QED) is 0.812. The van der Waals surface area contributed by atoms with E-state index >= 15 is 0 Å². The van der Waals surface area contributed by atoms with Gasteiger partial charge in [-0.1, -0.05) is 0 Å². The molecule has 2 aromatic heterocycles. The van der Waals surface area contributed by atoms with Crippen molar-refractivity contribution in [2.75, 3.05) is 5.32 Å². The topological polar surface area (TPSA) is 55.6 Å². The first-order valence-electron chi connectivity index (χ1n) is 4.76. The fraction of sp³-hybridized carbons (Fsp3) is 0.300. The van der Waals surface area contributed by atoms with E-state index in [9.17, 15) is 0 Å². The number of hydrogen-bond donors (Lipinski definition) is 1. The fourth-order valence-electron chi connectivity index (χ4n) is 1.28. The Morgan fingerprint density at radius 3 is 2.87 bits per heavy atom. The Bertz CT molecular complexity index is 449. The zero-order chi connectivity index (χ0) is 10.7. The van der Waals surface area contributed by atoms with Crippen LogP contribution in [0.25, 0.3) is 0 Å². The van der Waals surface area contributed by atoms with E-state index in [-0.39, 0.29) is 0 Å². The number of hydrogen-bond acceptors (Lipinski definition) is 4. The molecule has 0 aliphatic carbocycles. The maximum atomic E-state index is 4.25. The molecular weight excluding hydrogens is 190 g/mol. The van der Waals surface area contributed by atoms with Gasteiger partial charge in [-0.25, -0.2) is 9.97 Å². The van der Waals surface area contributed by atoms with Gasteiger partial charge in [0.05, 0.1) is 12.2 Å². The first kappa shape index (κ1) is 9.64. The van der Waals surface area contributed by atoms with Crippen LogP contribution in [-0.4, -0.2) is 19.7 Å². The maximum Gasteiger partial charge on any atom is 0.223 e. The van der Waals surface area contributed by atoms with Crippen LogP contribution in [0.3, 0.4) is 0 Å². The third kappa shape index (κ3) is 2.31. The van der Waals surface area contributed by atoms with Crippen molar-refractivity contribution in [1.29, 1.82) is 0 Å². The molecule has 1 N–H and O–H groups in total. The third-order valence-corrected chi connectivity index (χ3v) is 2.14. The molecule has 0 aliphatic heterocycles. The summed E-state index contributed by atoms with van der Waals surface area (Å²) < 4.78 is 1.82. The second-order valence-electron chi connectivity index (χ2n) is 3.32. The zero-order valence-corrected chi connectivity index (χ0v) is 8.81. The molecule has 0 saturated carbocycles. The van der Waals surface area contributed by atoms with E-state index in [1.54, 1.807) is 12.4 Å². The summed E-state index contributed by atoms with van der Waals surface area (Å²) in [5.74, 6) is 0.649. The minimum Gasteiger partial charge on any atom is -0.349 e. The molecule has 0 amide bonds. The number of nitrogens with zero attached hydrogens (tertiary/aromatic N) is 4. The molecule has 0 atom stereocenters. The molecule has 0 aromatic carbocycles. The third-order valence-electron chi connectivity index (χ3n) is 2.14. The van der Waals surface area contributed by atoms with Crippen molar-refractivity contribution in [3.8, 4) is 0 Å². The van der Waals surface area contributed by atoms with Crippen molar-refractivity contribution in [2.24, 2.45) is 7.05 Å². The van der Waals surface area contributed by atoms with Gasteiger partial charge in [0.25, 0.3) is 0 Å². The van der Waals surface area contributed by atoms with Gasteiger partial charge in [0.2, 0.25) is 5.95 Å². The van der Waals surface area contributed by atoms with E-state index in [1.165, 1.54) is 0 Å². The van der Waals surface area contributed by atoms with Crippen molar-refractivity contribution < 1.29 is 0 Å². The average molecular weight is 203 g/mol. The Hall–Kier alpha value is -1.91. The highest BCUT2D eigenvalue weighted by Gasteiger charge is 1.99. The SMILES string of the molecule is Cc1ccnc(NCc2ccnn2C)n1. The lowest BCUT2D eigenvalue weighted by molar-refractivity contribution is 0.719. The highest BCUT2D eigenvalue weighted by atomic mass is 15.3. The van der Waals surface area contributed by atoms with Crippen LogP contribution in [0.1, 0.15) is 11.4 Å². The van der Waals surface area contributed by atoms with Crippen molar-refractivity contribution in [3.63, 3.8) is 0 Å². The van der Waals surface area contributed by atoms with E-state index in [2.05, 4.69) is 20.4 Å². The van der Waals surface area contributed by atoms with Gasteiger partial charge >= 0.3 is 0 Å². The molecule has 2 aromatic rings. The van der Waals surface area contributed by atoms with Gasteiger partial charge in [-0.3, -0.25) is 4.68 Å².